The molecule has 2 atom stereocenters. The van der Waals surface area contributed by atoms with Crippen molar-refractivity contribution in [3.05, 3.63) is 29.8 Å². The van der Waals surface area contributed by atoms with Gasteiger partial charge in [-0.15, -0.1) is 0 Å². The van der Waals surface area contributed by atoms with Gasteiger partial charge in [-0.2, -0.15) is 0 Å². The summed E-state index contributed by atoms with van der Waals surface area (Å²) in [6, 6.07) is 7.72. The first kappa shape index (κ1) is 15.5. The van der Waals surface area contributed by atoms with Gasteiger partial charge < -0.3 is 4.74 Å². The van der Waals surface area contributed by atoms with Crippen LogP contribution in [0.2, 0.25) is 0 Å². The first-order valence-corrected chi connectivity index (χ1v) is 7.58. The highest BCUT2D eigenvalue weighted by Crippen LogP contribution is 2.39. The van der Waals surface area contributed by atoms with Crippen LogP contribution in [0.4, 0.5) is 0 Å². The van der Waals surface area contributed by atoms with Crippen molar-refractivity contribution in [2.24, 2.45) is 11.8 Å². The maximum atomic E-state index is 12.2. The number of para-hydroxylation sites is 1. The predicted molar refractivity (Wildman–Crippen MR) is 81.1 cm³/mol. The van der Waals surface area contributed by atoms with Crippen molar-refractivity contribution in [1.82, 2.24) is 5.32 Å². The summed E-state index contributed by atoms with van der Waals surface area (Å²) in [7, 11) is 0. The number of amides is 2. The molecule has 2 amide bonds. The second kappa shape index (κ2) is 6.74. The fourth-order valence-electron chi connectivity index (χ4n) is 2.99. The largest absolute Gasteiger partial charge is 0.494 e. The quantitative estimate of drug-likeness (QED) is 0.848. The molecule has 1 fully saturated rings. The average Bonchev–Trinajstić information content (AvgIpc) is 2.42. The van der Waals surface area contributed by atoms with Crippen LogP contribution in [0.25, 0.3) is 0 Å². The first-order chi connectivity index (χ1) is 10.0. The average molecular weight is 289 g/mol. The molecule has 1 heterocycles. The number of piperidine rings is 1. The van der Waals surface area contributed by atoms with Gasteiger partial charge in [-0.1, -0.05) is 32.0 Å². The fourth-order valence-corrected chi connectivity index (χ4v) is 2.99. The van der Waals surface area contributed by atoms with E-state index in [1.165, 1.54) is 0 Å². The second-order valence-electron chi connectivity index (χ2n) is 5.93. The number of ether oxygens (including phenoxy) is 1. The summed E-state index contributed by atoms with van der Waals surface area (Å²) in [6.07, 6.45) is 1.11. The molecule has 0 bridgehead atoms. The first-order valence-electron chi connectivity index (χ1n) is 7.58. The van der Waals surface area contributed by atoms with Gasteiger partial charge in [-0.05, 0) is 30.9 Å². The van der Waals surface area contributed by atoms with Crippen molar-refractivity contribution in [2.45, 2.75) is 39.5 Å². The highest BCUT2D eigenvalue weighted by atomic mass is 16.5. The molecule has 0 aliphatic carbocycles. The van der Waals surface area contributed by atoms with E-state index in [-0.39, 0.29) is 23.7 Å². The van der Waals surface area contributed by atoms with Crippen molar-refractivity contribution >= 4 is 11.8 Å². The molecule has 1 N–H and O–H groups in total. The molecule has 0 spiro atoms. The van der Waals surface area contributed by atoms with Crippen LogP contribution in [0.1, 0.15) is 45.1 Å². The lowest BCUT2D eigenvalue weighted by atomic mass is 9.76. The standard InChI is InChI=1S/C17H23NO3/c1-4-21-15-8-6-5-7-12(15)13-10-16(19)18-17(20)14(13)9-11(2)3/h5-8,11,13-14H,4,9-10H2,1-3H3,(H,18,19,20). The second-order valence-corrected chi connectivity index (χ2v) is 5.93. The van der Waals surface area contributed by atoms with Gasteiger partial charge in [-0.3, -0.25) is 14.9 Å². The molecule has 4 heteroatoms. The molecule has 1 saturated heterocycles. The van der Waals surface area contributed by atoms with Crippen molar-refractivity contribution < 1.29 is 14.3 Å². The van der Waals surface area contributed by atoms with Gasteiger partial charge in [0.05, 0.1) is 6.61 Å². The molecule has 1 aromatic rings. The van der Waals surface area contributed by atoms with Crippen LogP contribution >= 0.6 is 0 Å². The van der Waals surface area contributed by atoms with Gasteiger partial charge in [0.15, 0.2) is 0 Å². The zero-order valence-electron chi connectivity index (χ0n) is 12.9. The van der Waals surface area contributed by atoms with Crippen molar-refractivity contribution in [3.8, 4) is 5.75 Å². The maximum Gasteiger partial charge on any atom is 0.230 e. The third-order valence-electron chi connectivity index (χ3n) is 3.83. The topological polar surface area (TPSA) is 55.4 Å². The summed E-state index contributed by atoms with van der Waals surface area (Å²) in [6.45, 7) is 6.68. The number of hydrogen-bond acceptors (Lipinski definition) is 3. The van der Waals surface area contributed by atoms with E-state index in [1.807, 2.05) is 31.2 Å². The summed E-state index contributed by atoms with van der Waals surface area (Å²) < 4.78 is 5.67. The zero-order chi connectivity index (χ0) is 15.4. The van der Waals surface area contributed by atoms with Gasteiger partial charge >= 0.3 is 0 Å². The zero-order valence-corrected chi connectivity index (χ0v) is 12.9. The fraction of sp³-hybridized carbons (Fsp3) is 0.529. The van der Waals surface area contributed by atoms with Gasteiger partial charge in [0.2, 0.25) is 11.8 Å². The van der Waals surface area contributed by atoms with Crippen molar-refractivity contribution in [3.63, 3.8) is 0 Å². The lowest BCUT2D eigenvalue weighted by Gasteiger charge is -2.32. The Morgan fingerprint density at radius 3 is 2.67 bits per heavy atom. The Morgan fingerprint density at radius 2 is 2.00 bits per heavy atom. The van der Waals surface area contributed by atoms with Crippen LogP contribution in [0, 0.1) is 11.8 Å². The monoisotopic (exact) mass is 289 g/mol. The van der Waals surface area contributed by atoms with E-state index in [1.54, 1.807) is 0 Å². The number of imide groups is 1. The van der Waals surface area contributed by atoms with Crippen LogP contribution in [0.15, 0.2) is 24.3 Å². The molecule has 2 rings (SSSR count). The number of carbonyl (C=O) groups excluding carboxylic acids is 2. The molecule has 21 heavy (non-hydrogen) atoms. The molecule has 0 aromatic heterocycles. The van der Waals surface area contributed by atoms with Crippen LogP contribution in [-0.2, 0) is 9.59 Å². The third kappa shape index (κ3) is 3.63. The Kier molecular flexibility index (Phi) is 4.99. The number of hydrogen-bond donors (Lipinski definition) is 1. The maximum absolute atomic E-state index is 12.2. The Hall–Kier alpha value is -1.84. The van der Waals surface area contributed by atoms with E-state index in [4.69, 9.17) is 4.74 Å². The van der Waals surface area contributed by atoms with Crippen LogP contribution < -0.4 is 10.1 Å². The highest BCUT2D eigenvalue weighted by Gasteiger charge is 2.38. The number of carbonyl (C=O) groups is 2. The summed E-state index contributed by atoms with van der Waals surface area (Å²) >= 11 is 0. The molecule has 4 nitrogen and oxygen atoms in total. The highest BCUT2D eigenvalue weighted by molar-refractivity contribution is 6.00. The van der Waals surface area contributed by atoms with Gasteiger partial charge in [0.1, 0.15) is 5.75 Å². The lowest BCUT2D eigenvalue weighted by molar-refractivity contribution is -0.137. The molecule has 2 unspecified atom stereocenters. The summed E-state index contributed by atoms with van der Waals surface area (Å²) in [4.78, 5) is 24.0. The smallest absolute Gasteiger partial charge is 0.230 e. The van der Waals surface area contributed by atoms with Crippen molar-refractivity contribution in [2.75, 3.05) is 6.61 Å². The normalized spacial score (nSPS) is 22.3. The van der Waals surface area contributed by atoms with E-state index in [0.29, 0.717) is 18.9 Å². The van der Waals surface area contributed by atoms with Crippen molar-refractivity contribution in [1.29, 1.82) is 0 Å². The third-order valence-corrected chi connectivity index (χ3v) is 3.83. The molecular formula is C17H23NO3. The number of rotatable bonds is 5. The van der Waals surface area contributed by atoms with E-state index >= 15 is 0 Å². The predicted octanol–water partition coefficient (Wildman–Crippen LogP) is 2.88. The van der Waals surface area contributed by atoms with E-state index in [9.17, 15) is 9.59 Å². The lowest BCUT2D eigenvalue weighted by Crippen LogP contribution is -2.45. The van der Waals surface area contributed by atoms with E-state index in [0.717, 1.165) is 17.7 Å². The van der Waals surface area contributed by atoms with Crippen LogP contribution in [0.5, 0.6) is 5.75 Å². The SMILES string of the molecule is CCOc1ccccc1C1CC(=O)NC(=O)C1CC(C)C. The van der Waals surface area contributed by atoms with Gasteiger partial charge in [0, 0.05) is 18.3 Å². The van der Waals surface area contributed by atoms with Gasteiger partial charge in [-0.25, -0.2) is 0 Å². The molecule has 0 saturated carbocycles. The van der Waals surface area contributed by atoms with E-state index in [2.05, 4.69) is 19.2 Å². The minimum absolute atomic E-state index is 0.101. The van der Waals surface area contributed by atoms with Crippen LogP contribution in [0.3, 0.4) is 0 Å². The minimum atomic E-state index is -0.198. The molecule has 1 aromatic carbocycles. The Balaban J connectivity index is 2.36. The Morgan fingerprint density at radius 1 is 1.29 bits per heavy atom. The Labute approximate surface area is 125 Å². The molecule has 1 aliphatic rings. The minimum Gasteiger partial charge on any atom is -0.494 e. The Bertz CT molecular complexity index is 525. The van der Waals surface area contributed by atoms with Crippen LogP contribution in [-0.4, -0.2) is 18.4 Å². The number of benzene rings is 1. The van der Waals surface area contributed by atoms with Gasteiger partial charge in [0.25, 0.3) is 0 Å². The summed E-state index contributed by atoms with van der Waals surface area (Å²) in [5.41, 5.74) is 0.966. The molecule has 0 radical (unpaired) electrons. The molecule has 1 aliphatic heterocycles. The summed E-state index contributed by atoms with van der Waals surface area (Å²) in [5, 5.41) is 2.47. The molecular weight excluding hydrogens is 266 g/mol. The van der Waals surface area contributed by atoms with E-state index < -0.39 is 0 Å². The number of nitrogens with one attached hydrogen (secondary N) is 1. The molecule has 114 valence electrons. The summed E-state index contributed by atoms with van der Waals surface area (Å²) in [5.74, 6) is 0.547.